The average Bonchev–Trinajstić information content (AvgIpc) is 3.02. The summed E-state index contributed by atoms with van der Waals surface area (Å²) in [5.41, 5.74) is -3.32. The van der Waals surface area contributed by atoms with Crippen LogP contribution in [0.15, 0.2) is 93.9 Å². The summed E-state index contributed by atoms with van der Waals surface area (Å²) in [6.45, 7) is 1.27. The smallest absolute Gasteiger partial charge is 0.321 e. The van der Waals surface area contributed by atoms with Crippen molar-refractivity contribution in [1.82, 2.24) is 5.32 Å². The van der Waals surface area contributed by atoms with Crippen molar-refractivity contribution >= 4 is 62.9 Å². The molecule has 3 amide bonds. The van der Waals surface area contributed by atoms with E-state index in [4.69, 9.17) is 0 Å². The summed E-state index contributed by atoms with van der Waals surface area (Å²) in [6.07, 6.45) is -4.24. The van der Waals surface area contributed by atoms with Crippen LogP contribution < -0.4 is 16.0 Å². The number of rotatable bonds is 9. The Morgan fingerprint density at radius 1 is 0.809 bits per heavy atom. The molecule has 47 heavy (non-hydrogen) atoms. The van der Waals surface area contributed by atoms with Crippen molar-refractivity contribution in [1.29, 1.82) is 0 Å². The number of nitrogens with one attached hydrogen (secondary N) is 3. The van der Waals surface area contributed by atoms with Crippen LogP contribution in [0.25, 0.3) is 6.08 Å². The van der Waals surface area contributed by atoms with Gasteiger partial charge in [-0.05, 0) is 67.1 Å². The van der Waals surface area contributed by atoms with Crippen molar-refractivity contribution in [3.63, 3.8) is 0 Å². The molecule has 0 saturated carbocycles. The summed E-state index contributed by atoms with van der Waals surface area (Å²) < 4.78 is 95.6. The number of halogens is 8. The van der Waals surface area contributed by atoms with Gasteiger partial charge in [0.25, 0.3) is 11.8 Å². The molecule has 0 radical (unpaired) electrons. The first-order valence-corrected chi connectivity index (χ1v) is 15.0. The van der Waals surface area contributed by atoms with E-state index in [1.165, 1.54) is 37.3 Å². The second-order valence-corrected chi connectivity index (χ2v) is 12.0. The minimum absolute atomic E-state index is 0.0729. The summed E-state index contributed by atoms with van der Waals surface area (Å²) in [5, 5.41) is 5.70. The fourth-order valence-electron chi connectivity index (χ4n) is 3.99. The normalized spacial score (nSPS) is 12.3. The summed E-state index contributed by atoms with van der Waals surface area (Å²) in [5.74, 6) is -12.6. The topological polar surface area (TPSA) is 87.3 Å². The molecule has 0 heterocycles. The van der Waals surface area contributed by atoms with E-state index in [1.807, 2.05) is 0 Å². The van der Waals surface area contributed by atoms with Crippen molar-refractivity contribution in [3.8, 4) is 0 Å². The minimum Gasteiger partial charge on any atom is -0.321 e. The molecule has 0 aliphatic carbocycles. The van der Waals surface area contributed by atoms with Gasteiger partial charge >= 0.3 is 6.18 Å². The van der Waals surface area contributed by atoms with Crippen LogP contribution in [-0.2, 0) is 15.8 Å². The predicted octanol–water partition coefficient (Wildman–Crippen LogP) is 8.55. The van der Waals surface area contributed by atoms with Crippen LogP contribution in [0.2, 0.25) is 0 Å². The van der Waals surface area contributed by atoms with Gasteiger partial charge in [-0.1, -0.05) is 46.3 Å². The molecule has 1 unspecified atom stereocenters. The lowest BCUT2D eigenvalue weighted by atomic mass is 10.1. The number of benzene rings is 4. The van der Waals surface area contributed by atoms with E-state index < -0.39 is 63.7 Å². The Bertz CT molecular complexity index is 1820. The Labute approximate surface area is 275 Å². The van der Waals surface area contributed by atoms with E-state index in [-0.39, 0.29) is 11.4 Å². The van der Waals surface area contributed by atoms with Crippen LogP contribution in [0.1, 0.15) is 28.4 Å². The summed E-state index contributed by atoms with van der Waals surface area (Å²) >= 11 is 4.19. The van der Waals surface area contributed by atoms with E-state index >= 15 is 0 Å². The molecule has 1 atom stereocenters. The monoisotopic (exact) mass is 739 g/mol. The molecule has 4 rings (SSSR count). The zero-order chi connectivity index (χ0) is 34.5. The van der Waals surface area contributed by atoms with Crippen molar-refractivity contribution in [2.45, 2.75) is 23.2 Å². The van der Waals surface area contributed by atoms with E-state index in [0.29, 0.717) is 16.0 Å². The number of amides is 3. The molecule has 0 bridgehead atoms. The highest BCUT2D eigenvalue weighted by Crippen LogP contribution is 2.38. The third kappa shape index (κ3) is 8.80. The first kappa shape index (κ1) is 35.2. The third-order valence-corrected chi connectivity index (χ3v) is 7.88. The Morgan fingerprint density at radius 3 is 2.00 bits per heavy atom. The zero-order valence-electron chi connectivity index (χ0n) is 23.8. The number of alkyl halides is 3. The maximum absolute atomic E-state index is 14.2. The minimum atomic E-state index is -5.72. The lowest BCUT2D eigenvalue weighted by molar-refractivity contribution is -0.143. The van der Waals surface area contributed by atoms with Gasteiger partial charge in [0.2, 0.25) is 5.91 Å². The van der Waals surface area contributed by atoms with Crippen molar-refractivity contribution in [3.05, 3.63) is 129 Å². The maximum Gasteiger partial charge on any atom is 0.422 e. The van der Waals surface area contributed by atoms with Gasteiger partial charge in [-0.2, -0.15) is 13.2 Å². The highest BCUT2D eigenvalue weighted by Gasteiger charge is 2.42. The Kier molecular flexibility index (Phi) is 11.1. The summed E-state index contributed by atoms with van der Waals surface area (Å²) in [6, 6.07) is 21.1. The quantitative estimate of drug-likeness (QED) is 0.0695. The molecule has 3 N–H and O–H groups in total. The molecule has 4 aromatic rings. The molecule has 0 aromatic heterocycles. The Balaban J connectivity index is 1.46. The van der Waals surface area contributed by atoms with Crippen LogP contribution in [0, 0.1) is 23.3 Å². The number of thioether (sulfide) groups is 1. The standard InChI is InChI=1S/C32H21BrF7N3O3S/c1-16(29(44)43-28-26(36)24(34)23(32(38,39)40)25(35)27(28)37)47-21-12-10-20(11-13-21)41-31(46)22(15-17-6-5-9-19(33)14-17)42-30(45)18-7-3-2-4-8-18/h2-16H,1H3,(H,41,46)(H,42,45)(H,43,44)/b22-15-. The second kappa shape index (κ2) is 14.9. The number of hydrogen-bond acceptors (Lipinski definition) is 4. The third-order valence-electron chi connectivity index (χ3n) is 6.28. The van der Waals surface area contributed by atoms with E-state index in [1.54, 1.807) is 59.9 Å². The number of carbonyl (C=O) groups excluding carboxylic acids is 3. The van der Waals surface area contributed by atoms with E-state index in [2.05, 4.69) is 26.6 Å². The highest BCUT2D eigenvalue weighted by atomic mass is 79.9. The lowest BCUT2D eigenvalue weighted by Crippen LogP contribution is -2.30. The first-order valence-electron chi connectivity index (χ1n) is 13.3. The zero-order valence-corrected chi connectivity index (χ0v) is 26.2. The predicted molar refractivity (Wildman–Crippen MR) is 166 cm³/mol. The van der Waals surface area contributed by atoms with Gasteiger partial charge in [-0.15, -0.1) is 11.8 Å². The van der Waals surface area contributed by atoms with Gasteiger partial charge in [-0.25, -0.2) is 17.6 Å². The molecule has 6 nitrogen and oxygen atoms in total. The molecule has 4 aromatic carbocycles. The number of hydrogen-bond donors (Lipinski definition) is 3. The highest BCUT2D eigenvalue weighted by molar-refractivity contribution is 9.10. The van der Waals surface area contributed by atoms with Gasteiger partial charge in [-0.3, -0.25) is 14.4 Å². The van der Waals surface area contributed by atoms with Crippen molar-refractivity contribution in [2.24, 2.45) is 0 Å². The molecular formula is C32H21BrF7N3O3S. The lowest BCUT2D eigenvalue weighted by Gasteiger charge is -2.16. The van der Waals surface area contributed by atoms with Gasteiger partial charge in [0.1, 0.15) is 16.9 Å². The Hall–Kier alpha value is -4.63. The Morgan fingerprint density at radius 2 is 1.43 bits per heavy atom. The van der Waals surface area contributed by atoms with Crippen LogP contribution in [0.3, 0.4) is 0 Å². The van der Waals surface area contributed by atoms with Crippen molar-refractivity contribution in [2.75, 3.05) is 10.6 Å². The molecular weight excluding hydrogens is 719 g/mol. The van der Waals surface area contributed by atoms with E-state index in [9.17, 15) is 45.1 Å². The maximum atomic E-state index is 14.2. The molecule has 0 aliphatic heterocycles. The van der Waals surface area contributed by atoms with Gasteiger partial charge in [0, 0.05) is 20.6 Å². The van der Waals surface area contributed by atoms with Crippen LogP contribution in [0.4, 0.5) is 42.1 Å². The van der Waals surface area contributed by atoms with Gasteiger partial charge in [0.05, 0.1) is 5.25 Å². The van der Waals surface area contributed by atoms with Crippen molar-refractivity contribution < 1.29 is 45.1 Å². The SMILES string of the molecule is CC(Sc1ccc(NC(=O)/C(=C/c2cccc(Br)c2)NC(=O)c2ccccc2)cc1)C(=O)Nc1c(F)c(F)c(C(F)(F)F)c(F)c1F. The van der Waals surface area contributed by atoms with Gasteiger partial charge in [0.15, 0.2) is 23.3 Å². The molecule has 15 heteroatoms. The molecule has 0 saturated heterocycles. The molecule has 0 aliphatic rings. The molecule has 0 spiro atoms. The van der Waals surface area contributed by atoms with E-state index in [0.717, 1.165) is 16.2 Å². The summed E-state index contributed by atoms with van der Waals surface area (Å²) in [4.78, 5) is 39.0. The fourth-order valence-corrected chi connectivity index (χ4v) is 5.28. The first-order chi connectivity index (χ1) is 22.1. The van der Waals surface area contributed by atoms with Crippen LogP contribution in [0.5, 0.6) is 0 Å². The number of anilines is 2. The average molecular weight is 740 g/mol. The molecule has 0 fully saturated rings. The fraction of sp³-hybridized carbons (Fsp3) is 0.0938. The van der Waals surface area contributed by atoms with Crippen LogP contribution in [-0.4, -0.2) is 23.0 Å². The second-order valence-electron chi connectivity index (χ2n) is 9.66. The summed E-state index contributed by atoms with van der Waals surface area (Å²) in [7, 11) is 0. The van der Waals surface area contributed by atoms with Crippen LogP contribution >= 0.6 is 27.7 Å². The largest absolute Gasteiger partial charge is 0.422 e. The number of carbonyl (C=O) groups is 3. The van der Waals surface area contributed by atoms with Gasteiger partial charge < -0.3 is 16.0 Å². The molecule has 244 valence electrons.